The van der Waals surface area contributed by atoms with Gasteiger partial charge in [0.15, 0.2) is 0 Å². The molecule has 0 unspecified atom stereocenters. The van der Waals surface area contributed by atoms with Crippen molar-refractivity contribution in [2.75, 3.05) is 12.4 Å². The van der Waals surface area contributed by atoms with Crippen LogP contribution < -0.4 is 10.1 Å². The molecule has 0 aliphatic carbocycles. The summed E-state index contributed by atoms with van der Waals surface area (Å²) in [6.07, 6.45) is 0.0737. The summed E-state index contributed by atoms with van der Waals surface area (Å²) in [6.45, 7) is 0. The van der Waals surface area contributed by atoms with Crippen LogP contribution in [0.5, 0.6) is 11.5 Å². The van der Waals surface area contributed by atoms with E-state index < -0.39 is 5.82 Å². The van der Waals surface area contributed by atoms with Crippen molar-refractivity contribution in [1.29, 1.82) is 0 Å². The predicted molar refractivity (Wildman–Crippen MR) is 73.4 cm³/mol. The molecule has 0 heterocycles. The van der Waals surface area contributed by atoms with Crippen molar-refractivity contribution >= 4 is 11.6 Å². The summed E-state index contributed by atoms with van der Waals surface area (Å²) >= 11 is 0. The van der Waals surface area contributed by atoms with E-state index in [-0.39, 0.29) is 23.8 Å². The molecule has 5 heteroatoms. The van der Waals surface area contributed by atoms with E-state index in [2.05, 4.69) is 5.32 Å². The number of halogens is 1. The number of phenolic OH excluding ortho intramolecular Hbond substituents is 1. The quantitative estimate of drug-likeness (QED) is 0.843. The molecule has 0 fully saturated rings. The van der Waals surface area contributed by atoms with Crippen LogP contribution in [0, 0.1) is 5.82 Å². The number of ether oxygens (including phenoxy) is 1. The van der Waals surface area contributed by atoms with Crippen molar-refractivity contribution in [2.45, 2.75) is 6.42 Å². The van der Waals surface area contributed by atoms with Gasteiger partial charge in [-0.2, -0.15) is 0 Å². The highest BCUT2D eigenvalue weighted by atomic mass is 19.1. The molecule has 0 radical (unpaired) electrons. The predicted octanol–water partition coefficient (Wildman–Crippen LogP) is 2.72. The molecule has 4 nitrogen and oxygen atoms in total. The summed E-state index contributed by atoms with van der Waals surface area (Å²) in [5.41, 5.74) is 0.745. The number of aromatic hydroxyl groups is 1. The van der Waals surface area contributed by atoms with E-state index >= 15 is 0 Å². The number of hydrogen-bond donors (Lipinski definition) is 2. The summed E-state index contributed by atoms with van der Waals surface area (Å²) in [5, 5.41) is 11.6. The maximum atomic E-state index is 13.5. The zero-order valence-corrected chi connectivity index (χ0v) is 10.9. The van der Waals surface area contributed by atoms with Gasteiger partial charge in [-0.3, -0.25) is 4.79 Å². The van der Waals surface area contributed by atoms with E-state index in [1.165, 1.54) is 19.2 Å². The molecule has 2 aromatic rings. The standard InChI is InChI=1S/C15H14FNO3/c1-20-14-5-3-2-4-10(14)8-15(19)17-13-7-6-11(18)9-12(13)16/h2-7,9,18H,8H2,1H3,(H,17,19). The minimum absolute atomic E-state index is 0.0303. The molecule has 1 amide bonds. The SMILES string of the molecule is COc1ccccc1CC(=O)Nc1ccc(O)cc1F. The maximum absolute atomic E-state index is 13.5. The van der Waals surface area contributed by atoms with E-state index in [1.54, 1.807) is 24.3 Å². The fraction of sp³-hybridized carbons (Fsp3) is 0.133. The van der Waals surface area contributed by atoms with Gasteiger partial charge in [-0.25, -0.2) is 4.39 Å². The van der Waals surface area contributed by atoms with Gasteiger partial charge in [-0.15, -0.1) is 0 Å². The minimum Gasteiger partial charge on any atom is -0.508 e. The number of phenols is 1. The second-order valence-corrected chi connectivity index (χ2v) is 4.20. The monoisotopic (exact) mass is 275 g/mol. The first-order valence-electron chi connectivity index (χ1n) is 6.00. The number of anilines is 1. The van der Waals surface area contributed by atoms with Crippen LogP contribution in [0.2, 0.25) is 0 Å². The largest absolute Gasteiger partial charge is 0.508 e. The Hall–Kier alpha value is -2.56. The molecule has 2 rings (SSSR count). The molecule has 20 heavy (non-hydrogen) atoms. The van der Waals surface area contributed by atoms with Crippen molar-refractivity contribution in [2.24, 2.45) is 0 Å². The highest BCUT2D eigenvalue weighted by molar-refractivity contribution is 5.92. The zero-order valence-electron chi connectivity index (χ0n) is 10.9. The molecule has 0 bridgehead atoms. The Labute approximate surface area is 115 Å². The van der Waals surface area contributed by atoms with Crippen LogP contribution >= 0.6 is 0 Å². The molecular weight excluding hydrogens is 261 g/mol. The molecule has 104 valence electrons. The second-order valence-electron chi connectivity index (χ2n) is 4.20. The average Bonchev–Trinajstić information content (AvgIpc) is 2.42. The van der Waals surface area contributed by atoms with Gasteiger partial charge < -0.3 is 15.2 Å². The van der Waals surface area contributed by atoms with Crippen molar-refractivity contribution in [3.8, 4) is 11.5 Å². The summed E-state index contributed by atoms with van der Waals surface area (Å²) in [5.74, 6) is -0.628. The maximum Gasteiger partial charge on any atom is 0.229 e. The van der Waals surface area contributed by atoms with Gasteiger partial charge in [-0.1, -0.05) is 18.2 Å². The second kappa shape index (κ2) is 6.06. The van der Waals surface area contributed by atoms with Gasteiger partial charge in [0.2, 0.25) is 5.91 Å². The molecule has 0 aliphatic heterocycles. The number of benzene rings is 2. The molecular formula is C15H14FNO3. The third kappa shape index (κ3) is 3.26. The van der Waals surface area contributed by atoms with Crippen LogP contribution in [-0.4, -0.2) is 18.1 Å². The number of rotatable bonds is 4. The lowest BCUT2D eigenvalue weighted by molar-refractivity contribution is -0.115. The number of carbonyl (C=O) groups excluding carboxylic acids is 1. The lowest BCUT2D eigenvalue weighted by atomic mass is 10.1. The number of methoxy groups -OCH3 is 1. The van der Waals surface area contributed by atoms with Gasteiger partial charge in [0.25, 0.3) is 0 Å². The molecule has 0 saturated carbocycles. The van der Waals surface area contributed by atoms with Crippen molar-refractivity contribution in [1.82, 2.24) is 0 Å². The Bertz CT molecular complexity index is 628. The van der Waals surface area contributed by atoms with Crippen LogP contribution in [0.4, 0.5) is 10.1 Å². The lowest BCUT2D eigenvalue weighted by Gasteiger charge is -2.09. The van der Waals surface area contributed by atoms with Gasteiger partial charge in [-0.05, 0) is 18.2 Å². The Kier molecular flexibility index (Phi) is 4.20. The lowest BCUT2D eigenvalue weighted by Crippen LogP contribution is -2.15. The number of amides is 1. The van der Waals surface area contributed by atoms with Gasteiger partial charge in [0.1, 0.15) is 17.3 Å². The van der Waals surface area contributed by atoms with Crippen LogP contribution in [0.25, 0.3) is 0 Å². The molecule has 0 aliphatic rings. The topological polar surface area (TPSA) is 58.6 Å². The molecule has 0 saturated heterocycles. The highest BCUT2D eigenvalue weighted by Gasteiger charge is 2.11. The Morgan fingerprint density at radius 1 is 1.30 bits per heavy atom. The Balaban J connectivity index is 2.09. The minimum atomic E-state index is -0.682. The molecule has 0 spiro atoms. The van der Waals surface area contributed by atoms with Gasteiger partial charge in [0.05, 0.1) is 19.2 Å². The van der Waals surface area contributed by atoms with E-state index in [0.29, 0.717) is 11.3 Å². The fourth-order valence-electron chi connectivity index (χ4n) is 1.82. The van der Waals surface area contributed by atoms with Crippen LogP contribution in [0.1, 0.15) is 5.56 Å². The number of hydrogen-bond acceptors (Lipinski definition) is 3. The van der Waals surface area contributed by atoms with E-state index in [4.69, 9.17) is 9.84 Å². The van der Waals surface area contributed by atoms with E-state index in [1.807, 2.05) is 0 Å². The summed E-state index contributed by atoms with van der Waals surface area (Å²) in [7, 11) is 1.52. The Morgan fingerprint density at radius 3 is 2.75 bits per heavy atom. The van der Waals surface area contributed by atoms with Crippen LogP contribution in [0.3, 0.4) is 0 Å². The third-order valence-corrected chi connectivity index (χ3v) is 2.77. The van der Waals surface area contributed by atoms with Crippen LogP contribution in [0.15, 0.2) is 42.5 Å². The normalized spacial score (nSPS) is 10.1. The van der Waals surface area contributed by atoms with Crippen LogP contribution in [-0.2, 0) is 11.2 Å². The first-order valence-corrected chi connectivity index (χ1v) is 6.00. The third-order valence-electron chi connectivity index (χ3n) is 2.77. The molecule has 2 aromatic carbocycles. The number of carbonyl (C=O) groups is 1. The smallest absolute Gasteiger partial charge is 0.229 e. The summed E-state index contributed by atoms with van der Waals surface area (Å²) in [4.78, 5) is 11.9. The molecule has 2 N–H and O–H groups in total. The van der Waals surface area contributed by atoms with E-state index in [0.717, 1.165) is 6.07 Å². The zero-order chi connectivity index (χ0) is 14.5. The van der Waals surface area contributed by atoms with Crippen molar-refractivity contribution < 1.29 is 19.0 Å². The van der Waals surface area contributed by atoms with Crippen molar-refractivity contribution in [3.63, 3.8) is 0 Å². The first kappa shape index (κ1) is 13.9. The summed E-state index contributed by atoms with van der Waals surface area (Å²) < 4.78 is 18.6. The molecule has 0 aromatic heterocycles. The first-order chi connectivity index (χ1) is 9.60. The summed E-state index contributed by atoms with van der Waals surface area (Å²) in [6, 6.07) is 10.7. The Morgan fingerprint density at radius 2 is 2.05 bits per heavy atom. The number of nitrogens with one attached hydrogen (secondary N) is 1. The number of para-hydroxylation sites is 1. The highest BCUT2D eigenvalue weighted by Crippen LogP contribution is 2.21. The average molecular weight is 275 g/mol. The van der Waals surface area contributed by atoms with Gasteiger partial charge >= 0.3 is 0 Å². The molecule has 0 atom stereocenters. The van der Waals surface area contributed by atoms with Gasteiger partial charge in [0, 0.05) is 11.6 Å². The fourth-order valence-corrected chi connectivity index (χ4v) is 1.82. The van der Waals surface area contributed by atoms with E-state index in [9.17, 15) is 9.18 Å². The van der Waals surface area contributed by atoms with Crippen molar-refractivity contribution in [3.05, 3.63) is 53.8 Å².